The van der Waals surface area contributed by atoms with Gasteiger partial charge in [0.15, 0.2) is 0 Å². The molecule has 2 aliphatic heterocycles. The van der Waals surface area contributed by atoms with Gasteiger partial charge in [0, 0.05) is 36.1 Å². The summed E-state index contributed by atoms with van der Waals surface area (Å²) in [7, 11) is 0. The molecule has 2 amide bonds. The van der Waals surface area contributed by atoms with Crippen LogP contribution in [0.1, 0.15) is 68.2 Å². The highest BCUT2D eigenvalue weighted by Gasteiger charge is 2.43. The van der Waals surface area contributed by atoms with Crippen molar-refractivity contribution in [2.75, 3.05) is 13.1 Å². The van der Waals surface area contributed by atoms with Gasteiger partial charge in [-0.05, 0) is 62.4 Å². The summed E-state index contributed by atoms with van der Waals surface area (Å²) in [5, 5.41) is 1.13. The van der Waals surface area contributed by atoms with Crippen molar-refractivity contribution in [2.45, 2.75) is 72.2 Å². The first-order valence-electron chi connectivity index (χ1n) is 13.5. The van der Waals surface area contributed by atoms with Crippen molar-refractivity contribution in [3.63, 3.8) is 0 Å². The Hall–Kier alpha value is -3.61. The maximum absolute atomic E-state index is 13.4. The van der Waals surface area contributed by atoms with Gasteiger partial charge in [-0.25, -0.2) is 4.79 Å². The van der Waals surface area contributed by atoms with Gasteiger partial charge in [0.25, 0.3) is 0 Å². The van der Waals surface area contributed by atoms with E-state index in [-0.39, 0.29) is 24.3 Å². The normalized spacial score (nSPS) is 17.7. The number of carbonyl (C=O) groups excluding carboxylic acids is 3. The summed E-state index contributed by atoms with van der Waals surface area (Å²) in [6, 6.07) is 15.3. The standard InChI is InChI=1S/C31H37N3O4/c1-20(2)14-15-32-19-28(35)34-18-27-24(16-26(34)29(32)36)23-8-6-7-9-25(23)33(27)17-21-10-12-22(13-11-21)30(37)38-31(3,4)5/h6-13,20,26H,14-19H2,1-5H3. The zero-order valence-corrected chi connectivity index (χ0v) is 23.0. The van der Waals surface area contributed by atoms with Crippen LogP contribution in [0.3, 0.4) is 0 Å². The molecule has 1 aromatic heterocycles. The van der Waals surface area contributed by atoms with Gasteiger partial charge < -0.3 is 19.1 Å². The third kappa shape index (κ3) is 5.06. The SMILES string of the molecule is CC(C)CCN1CC(=O)N2Cc3c(c4ccccc4n3Cc3ccc(C(=O)OC(C)(C)C)cc3)CC2C1=O. The van der Waals surface area contributed by atoms with Crippen molar-refractivity contribution in [1.82, 2.24) is 14.4 Å². The first-order valence-corrected chi connectivity index (χ1v) is 13.5. The second-order valence-electron chi connectivity index (χ2n) is 11.9. The topological polar surface area (TPSA) is 71.8 Å². The molecule has 0 aliphatic carbocycles. The quantitative estimate of drug-likeness (QED) is 0.443. The fourth-order valence-electron chi connectivity index (χ4n) is 5.49. The summed E-state index contributed by atoms with van der Waals surface area (Å²) in [4.78, 5) is 42.6. The molecule has 1 fully saturated rings. The third-order valence-electron chi connectivity index (χ3n) is 7.44. The van der Waals surface area contributed by atoms with E-state index < -0.39 is 11.6 Å². The van der Waals surface area contributed by atoms with E-state index in [0.717, 1.165) is 34.1 Å². The minimum absolute atomic E-state index is 0.0162. The summed E-state index contributed by atoms with van der Waals surface area (Å²) in [6.45, 7) is 11.6. The van der Waals surface area contributed by atoms with Gasteiger partial charge in [-0.1, -0.05) is 44.2 Å². The smallest absolute Gasteiger partial charge is 0.338 e. The van der Waals surface area contributed by atoms with Gasteiger partial charge >= 0.3 is 5.97 Å². The number of benzene rings is 2. The van der Waals surface area contributed by atoms with E-state index in [4.69, 9.17) is 4.74 Å². The van der Waals surface area contributed by atoms with E-state index in [2.05, 4.69) is 30.5 Å². The lowest BCUT2D eigenvalue weighted by atomic mass is 9.93. The maximum atomic E-state index is 13.4. The summed E-state index contributed by atoms with van der Waals surface area (Å²) < 4.78 is 7.75. The van der Waals surface area contributed by atoms with Crippen molar-refractivity contribution in [3.05, 3.63) is 70.9 Å². The van der Waals surface area contributed by atoms with Crippen molar-refractivity contribution in [2.24, 2.45) is 5.92 Å². The number of esters is 1. The van der Waals surface area contributed by atoms with Crippen LogP contribution in [-0.4, -0.2) is 56.9 Å². The van der Waals surface area contributed by atoms with Crippen molar-refractivity contribution in [3.8, 4) is 0 Å². The molecule has 2 aliphatic rings. The number of hydrogen-bond acceptors (Lipinski definition) is 4. The molecular formula is C31H37N3O4. The monoisotopic (exact) mass is 515 g/mol. The summed E-state index contributed by atoms with van der Waals surface area (Å²) in [6.07, 6.45) is 1.42. The van der Waals surface area contributed by atoms with Crippen LogP contribution in [-0.2, 0) is 33.8 Å². The van der Waals surface area contributed by atoms with Crippen LogP contribution in [0.15, 0.2) is 48.5 Å². The second-order valence-corrected chi connectivity index (χ2v) is 11.9. The molecule has 7 heteroatoms. The van der Waals surface area contributed by atoms with E-state index in [0.29, 0.717) is 37.5 Å². The highest BCUT2D eigenvalue weighted by molar-refractivity contribution is 5.97. The number of piperazine rings is 1. The minimum Gasteiger partial charge on any atom is -0.456 e. The Labute approximate surface area is 224 Å². The zero-order valence-electron chi connectivity index (χ0n) is 23.0. The maximum Gasteiger partial charge on any atom is 0.338 e. The molecule has 3 aromatic rings. The molecule has 7 nitrogen and oxygen atoms in total. The van der Waals surface area contributed by atoms with Crippen LogP contribution >= 0.6 is 0 Å². The van der Waals surface area contributed by atoms with E-state index in [1.165, 1.54) is 0 Å². The molecule has 0 radical (unpaired) electrons. The van der Waals surface area contributed by atoms with Gasteiger partial charge in [0.1, 0.15) is 11.6 Å². The molecule has 2 aromatic carbocycles. The molecule has 0 saturated carbocycles. The summed E-state index contributed by atoms with van der Waals surface area (Å²) >= 11 is 0. The number of hydrogen-bond donors (Lipinski definition) is 0. The van der Waals surface area contributed by atoms with Crippen molar-refractivity contribution < 1.29 is 19.1 Å². The average molecular weight is 516 g/mol. The van der Waals surface area contributed by atoms with Gasteiger partial charge in [0.2, 0.25) is 11.8 Å². The highest BCUT2D eigenvalue weighted by Crippen LogP contribution is 2.35. The van der Waals surface area contributed by atoms with E-state index in [1.807, 2.05) is 45.0 Å². The van der Waals surface area contributed by atoms with Gasteiger partial charge in [0.05, 0.1) is 18.7 Å². The summed E-state index contributed by atoms with van der Waals surface area (Å²) in [5.74, 6) is 0.215. The van der Waals surface area contributed by atoms with Crippen molar-refractivity contribution >= 4 is 28.7 Å². The van der Waals surface area contributed by atoms with Crippen LogP contribution in [0, 0.1) is 5.92 Å². The molecule has 1 atom stereocenters. The Morgan fingerprint density at radius 3 is 2.42 bits per heavy atom. The Morgan fingerprint density at radius 1 is 1.03 bits per heavy atom. The molecule has 0 bridgehead atoms. The predicted molar refractivity (Wildman–Crippen MR) is 147 cm³/mol. The predicted octanol–water partition coefficient (Wildman–Crippen LogP) is 4.79. The molecular weight excluding hydrogens is 478 g/mol. The molecule has 200 valence electrons. The number of nitrogens with zero attached hydrogens (tertiary/aromatic N) is 3. The molecule has 38 heavy (non-hydrogen) atoms. The summed E-state index contributed by atoms with van der Waals surface area (Å²) in [5.41, 5.74) is 4.34. The second kappa shape index (κ2) is 9.93. The highest BCUT2D eigenvalue weighted by atomic mass is 16.6. The zero-order chi connectivity index (χ0) is 27.2. The van der Waals surface area contributed by atoms with Crippen LogP contribution < -0.4 is 0 Å². The van der Waals surface area contributed by atoms with E-state index >= 15 is 0 Å². The Kier molecular flexibility index (Phi) is 6.80. The van der Waals surface area contributed by atoms with Crippen molar-refractivity contribution in [1.29, 1.82) is 0 Å². The van der Waals surface area contributed by atoms with Crippen LogP contribution in [0.2, 0.25) is 0 Å². The minimum atomic E-state index is -0.546. The Balaban J connectivity index is 1.44. The lowest BCUT2D eigenvalue weighted by Gasteiger charge is -2.43. The fourth-order valence-corrected chi connectivity index (χ4v) is 5.49. The first kappa shape index (κ1) is 26.0. The van der Waals surface area contributed by atoms with Crippen LogP contribution in [0.25, 0.3) is 10.9 Å². The molecule has 0 N–H and O–H groups in total. The largest absolute Gasteiger partial charge is 0.456 e. The number of rotatable bonds is 6. The van der Waals surface area contributed by atoms with Crippen LogP contribution in [0.4, 0.5) is 0 Å². The number of ether oxygens (including phenoxy) is 1. The van der Waals surface area contributed by atoms with Crippen LogP contribution in [0.5, 0.6) is 0 Å². The molecule has 1 saturated heterocycles. The molecule has 1 unspecified atom stereocenters. The lowest BCUT2D eigenvalue weighted by molar-refractivity contribution is -0.157. The number of para-hydroxylation sites is 1. The number of fused-ring (bicyclic) bond motifs is 4. The third-order valence-corrected chi connectivity index (χ3v) is 7.44. The van der Waals surface area contributed by atoms with E-state index in [1.54, 1.807) is 21.9 Å². The van der Waals surface area contributed by atoms with Gasteiger partial charge in [-0.15, -0.1) is 0 Å². The van der Waals surface area contributed by atoms with Gasteiger partial charge in [-0.2, -0.15) is 0 Å². The lowest BCUT2D eigenvalue weighted by Crippen LogP contribution is -2.61. The first-order chi connectivity index (χ1) is 18.0. The number of aromatic nitrogens is 1. The molecule has 5 rings (SSSR count). The molecule has 3 heterocycles. The number of amides is 2. The average Bonchev–Trinajstić information content (AvgIpc) is 3.16. The molecule has 0 spiro atoms. The Bertz CT molecular complexity index is 1380. The number of carbonyl (C=O) groups is 3. The Morgan fingerprint density at radius 2 is 1.74 bits per heavy atom. The van der Waals surface area contributed by atoms with Gasteiger partial charge in [-0.3, -0.25) is 9.59 Å². The van der Waals surface area contributed by atoms with E-state index in [9.17, 15) is 14.4 Å². The fraction of sp³-hybridized carbons (Fsp3) is 0.452.